The molecule has 216 valence electrons. The predicted octanol–water partition coefficient (Wildman–Crippen LogP) is 3.49. The summed E-state index contributed by atoms with van der Waals surface area (Å²) < 4.78 is 28.5. The van der Waals surface area contributed by atoms with Crippen LogP contribution in [0.25, 0.3) is 0 Å². The molecule has 41 heavy (non-hydrogen) atoms. The summed E-state index contributed by atoms with van der Waals surface area (Å²) in [5.74, 6) is -2.04. The third kappa shape index (κ3) is 6.30. The molecule has 0 radical (unpaired) electrons. The maximum Gasteiger partial charge on any atom is 0.334 e. The van der Waals surface area contributed by atoms with Gasteiger partial charge in [-0.1, -0.05) is 49.9 Å². The first-order valence-electron chi connectivity index (χ1n) is 12.8. The standard InChI is InChI=1S/C29H29F2N5O4.CH4/c1-33-18-27(38)35-25(13-19-7-10-23(37)11-8-19)28(39)34(16-21-14-22(30)9-12-24(21)31)17-26(35)36(33)29(40)32-15-20-5-3-2-4-6-20;/h2-12,14,25-26,37H,13,15-18H2,1H3,(H,32,40);1H4/t25-,26?;/m0./s1. The highest BCUT2D eigenvalue weighted by Crippen LogP contribution is 2.29. The number of carbonyl (C=O) groups excluding carboxylic acids is 3. The number of rotatable bonds is 6. The van der Waals surface area contributed by atoms with Gasteiger partial charge in [0.15, 0.2) is 0 Å². The number of aromatic hydroxyl groups is 1. The van der Waals surface area contributed by atoms with Crippen LogP contribution in [0.1, 0.15) is 24.1 Å². The number of benzene rings is 3. The van der Waals surface area contributed by atoms with Crippen molar-refractivity contribution in [3.8, 4) is 5.75 Å². The lowest BCUT2D eigenvalue weighted by atomic mass is 9.98. The lowest BCUT2D eigenvalue weighted by Gasteiger charge is -2.54. The Bertz CT molecular complexity index is 1410. The van der Waals surface area contributed by atoms with Gasteiger partial charge in [0.1, 0.15) is 29.6 Å². The van der Waals surface area contributed by atoms with E-state index in [1.165, 1.54) is 32.0 Å². The lowest BCUT2D eigenvalue weighted by molar-refractivity contribution is -0.187. The highest BCUT2D eigenvalue weighted by atomic mass is 19.1. The molecule has 0 bridgehead atoms. The number of hydrazine groups is 1. The van der Waals surface area contributed by atoms with E-state index in [1.54, 1.807) is 19.2 Å². The fourth-order valence-electron chi connectivity index (χ4n) is 5.23. The largest absolute Gasteiger partial charge is 0.508 e. The molecule has 5 rings (SSSR count). The first-order chi connectivity index (χ1) is 19.2. The van der Waals surface area contributed by atoms with Crippen LogP contribution in [0, 0.1) is 11.6 Å². The van der Waals surface area contributed by atoms with Gasteiger partial charge in [0, 0.05) is 32.1 Å². The zero-order chi connectivity index (χ0) is 28.4. The van der Waals surface area contributed by atoms with E-state index < -0.39 is 35.8 Å². The average Bonchev–Trinajstić information content (AvgIpc) is 2.93. The Morgan fingerprint density at radius 3 is 2.41 bits per heavy atom. The summed E-state index contributed by atoms with van der Waals surface area (Å²) in [7, 11) is 1.61. The Morgan fingerprint density at radius 2 is 1.71 bits per heavy atom. The fourth-order valence-corrected chi connectivity index (χ4v) is 5.23. The number of likely N-dealkylation sites (N-methyl/N-ethyl adjacent to an activating group) is 1. The van der Waals surface area contributed by atoms with E-state index in [-0.39, 0.29) is 57.2 Å². The number of fused-ring (bicyclic) bond motifs is 1. The van der Waals surface area contributed by atoms with Gasteiger partial charge < -0.3 is 20.2 Å². The second kappa shape index (κ2) is 12.3. The monoisotopic (exact) mass is 565 g/mol. The van der Waals surface area contributed by atoms with Gasteiger partial charge >= 0.3 is 6.03 Å². The number of nitrogens with one attached hydrogen (secondary N) is 1. The normalized spacial score (nSPS) is 19.0. The summed E-state index contributed by atoms with van der Waals surface area (Å²) in [6.45, 7) is -0.224. The molecule has 0 aliphatic carbocycles. The summed E-state index contributed by atoms with van der Waals surface area (Å²) in [6.07, 6.45) is -0.786. The van der Waals surface area contributed by atoms with Crippen molar-refractivity contribution in [1.82, 2.24) is 25.1 Å². The third-order valence-corrected chi connectivity index (χ3v) is 7.17. The lowest BCUT2D eigenvalue weighted by Crippen LogP contribution is -2.76. The Morgan fingerprint density at radius 1 is 1.00 bits per heavy atom. The molecule has 0 aromatic heterocycles. The number of phenols is 1. The zero-order valence-corrected chi connectivity index (χ0v) is 21.8. The van der Waals surface area contributed by atoms with Gasteiger partial charge in [0.25, 0.3) is 0 Å². The van der Waals surface area contributed by atoms with Crippen molar-refractivity contribution >= 4 is 17.8 Å². The number of hydrogen-bond acceptors (Lipinski definition) is 5. The minimum Gasteiger partial charge on any atom is -0.508 e. The first-order valence-corrected chi connectivity index (χ1v) is 12.8. The topological polar surface area (TPSA) is 96.4 Å². The van der Waals surface area contributed by atoms with Gasteiger partial charge in [-0.2, -0.15) is 0 Å². The van der Waals surface area contributed by atoms with E-state index in [0.29, 0.717) is 5.56 Å². The van der Waals surface area contributed by atoms with Crippen LogP contribution in [0.15, 0.2) is 72.8 Å². The van der Waals surface area contributed by atoms with Gasteiger partial charge in [-0.3, -0.25) is 9.59 Å². The zero-order valence-electron chi connectivity index (χ0n) is 21.8. The summed E-state index contributed by atoms with van der Waals surface area (Å²) >= 11 is 0. The van der Waals surface area contributed by atoms with Crippen LogP contribution in [-0.4, -0.2) is 75.1 Å². The number of halogens is 2. The molecule has 1 unspecified atom stereocenters. The molecule has 3 aromatic carbocycles. The minimum absolute atomic E-state index is 0. The second-order valence-corrected chi connectivity index (χ2v) is 9.93. The SMILES string of the molecule is C.CN1CC(=O)N2C(CN(Cc3cc(F)ccc3F)C(=O)[C@@H]2Cc2ccc(O)cc2)N1C(=O)NCc1ccccc1. The summed E-state index contributed by atoms with van der Waals surface area (Å²) in [6, 6.07) is 17.2. The van der Waals surface area contributed by atoms with Crippen LogP contribution >= 0.6 is 0 Å². The maximum atomic E-state index is 14.6. The van der Waals surface area contributed by atoms with Gasteiger partial charge in [0.05, 0.1) is 13.1 Å². The average molecular weight is 566 g/mol. The van der Waals surface area contributed by atoms with Crippen molar-refractivity contribution in [1.29, 1.82) is 0 Å². The van der Waals surface area contributed by atoms with Crippen LogP contribution in [0.3, 0.4) is 0 Å². The van der Waals surface area contributed by atoms with Crippen LogP contribution in [0.2, 0.25) is 0 Å². The van der Waals surface area contributed by atoms with Crippen molar-refractivity contribution in [3.05, 3.63) is 101 Å². The molecule has 2 atom stereocenters. The van der Waals surface area contributed by atoms with E-state index in [9.17, 15) is 28.3 Å². The summed E-state index contributed by atoms with van der Waals surface area (Å²) in [5.41, 5.74) is 1.55. The Balaban J connectivity index is 0.00000387. The van der Waals surface area contributed by atoms with E-state index in [4.69, 9.17) is 0 Å². The molecule has 2 saturated heterocycles. The highest BCUT2D eigenvalue weighted by molar-refractivity contribution is 5.91. The number of piperazine rings is 1. The van der Waals surface area contributed by atoms with E-state index in [0.717, 1.165) is 23.8 Å². The van der Waals surface area contributed by atoms with E-state index in [2.05, 4.69) is 5.32 Å². The van der Waals surface area contributed by atoms with Gasteiger partial charge in [-0.25, -0.2) is 23.6 Å². The number of nitrogens with zero attached hydrogens (tertiary/aromatic N) is 4. The number of hydrogen-bond donors (Lipinski definition) is 2. The molecule has 3 aromatic rings. The van der Waals surface area contributed by atoms with Gasteiger partial charge in [-0.05, 0) is 41.5 Å². The van der Waals surface area contributed by atoms with E-state index >= 15 is 0 Å². The first kappa shape index (κ1) is 29.5. The number of amides is 4. The molecular formula is C30H33F2N5O4. The Kier molecular flexibility index (Phi) is 8.87. The Hall–Kier alpha value is -4.51. The molecule has 0 saturated carbocycles. The Labute approximate surface area is 237 Å². The van der Waals surface area contributed by atoms with Gasteiger partial charge in [-0.15, -0.1) is 0 Å². The fraction of sp³-hybridized carbons (Fsp3) is 0.300. The number of urea groups is 1. The molecule has 11 heteroatoms. The van der Waals surface area contributed by atoms with Crippen molar-refractivity contribution in [2.24, 2.45) is 0 Å². The third-order valence-electron chi connectivity index (χ3n) is 7.17. The molecule has 9 nitrogen and oxygen atoms in total. The predicted molar refractivity (Wildman–Crippen MR) is 148 cm³/mol. The molecular weight excluding hydrogens is 532 g/mol. The summed E-state index contributed by atoms with van der Waals surface area (Å²) in [5, 5.41) is 15.5. The molecule has 0 spiro atoms. The van der Waals surface area contributed by atoms with Crippen molar-refractivity contribution in [2.75, 3.05) is 20.1 Å². The molecule has 2 fully saturated rings. The highest BCUT2D eigenvalue weighted by Gasteiger charge is 2.50. The van der Waals surface area contributed by atoms with Crippen molar-refractivity contribution in [3.63, 3.8) is 0 Å². The molecule has 2 aliphatic rings. The second-order valence-electron chi connectivity index (χ2n) is 9.93. The van der Waals surface area contributed by atoms with Crippen LogP contribution in [-0.2, 0) is 29.1 Å². The van der Waals surface area contributed by atoms with Crippen LogP contribution in [0.5, 0.6) is 5.75 Å². The van der Waals surface area contributed by atoms with Crippen LogP contribution < -0.4 is 5.32 Å². The van der Waals surface area contributed by atoms with Gasteiger partial charge in [0.2, 0.25) is 11.8 Å². The van der Waals surface area contributed by atoms with E-state index in [1.807, 2.05) is 30.3 Å². The maximum absolute atomic E-state index is 14.6. The molecule has 2 heterocycles. The number of carbonyl (C=O) groups is 3. The quantitative estimate of drug-likeness (QED) is 0.477. The minimum atomic E-state index is -1.01. The molecule has 4 amide bonds. The number of phenolic OH excluding ortho intramolecular Hbond substituents is 1. The molecule has 2 N–H and O–H groups in total. The molecule has 2 aliphatic heterocycles. The van der Waals surface area contributed by atoms with Crippen molar-refractivity contribution in [2.45, 2.75) is 39.1 Å². The van der Waals surface area contributed by atoms with Crippen LogP contribution in [0.4, 0.5) is 13.6 Å². The van der Waals surface area contributed by atoms with Crippen molar-refractivity contribution < 1.29 is 28.3 Å². The summed E-state index contributed by atoms with van der Waals surface area (Å²) in [4.78, 5) is 43.4. The smallest absolute Gasteiger partial charge is 0.334 e.